The maximum Gasteiger partial charge on any atom is 0.407 e. The molecule has 8 heteroatoms. The third-order valence-corrected chi connectivity index (χ3v) is 10.9. The maximum absolute atomic E-state index is 12.9. The smallest absolute Gasteiger partial charge is 0.407 e. The van der Waals surface area contributed by atoms with E-state index in [1.54, 1.807) is 11.8 Å². The molecule has 2 amide bonds. The van der Waals surface area contributed by atoms with Crippen LogP contribution in [0.25, 0.3) is 11.1 Å². The van der Waals surface area contributed by atoms with Gasteiger partial charge in [-0.3, -0.25) is 4.79 Å². The molecule has 0 bridgehead atoms. The molecule has 0 radical (unpaired) electrons. The van der Waals surface area contributed by atoms with Gasteiger partial charge in [-0.15, -0.1) is 11.8 Å². The predicted octanol–water partition coefficient (Wildman–Crippen LogP) is 8.38. The minimum atomic E-state index is -1.12. The summed E-state index contributed by atoms with van der Waals surface area (Å²) in [5.74, 6) is -0.698. The molecular formula is C43H42N2O5S. The summed E-state index contributed by atoms with van der Waals surface area (Å²) in [5, 5.41) is 15.3. The van der Waals surface area contributed by atoms with Crippen LogP contribution in [0.2, 0.25) is 0 Å². The molecule has 5 aromatic rings. The van der Waals surface area contributed by atoms with Gasteiger partial charge in [0.2, 0.25) is 5.91 Å². The monoisotopic (exact) mass is 698 g/mol. The van der Waals surface area contributed by atoms with E-state index >= 15 is 0 Å². The fourth-order valence-electron chi connectivity index (χ4n) is 6.89. The average molecular weight is 699 g/mol. The minimum absolute atomic E-state index is 0.0582. The van der Waals surface area contributed by atoms with Crippen molar-refractivity contribution in [2.45, 2.75) is 42.4 Å². The van der Waals surface area contributed by atoms with Crippen LogP contribution in [0.5, 0.6) is 0 Å². The Morgan fingerprint density at radius 3 is 1.69 bits per heavy atom. The van der Waals surface area contributed by atoms with Crippen LogP contribution in [0.1, 0.15) is 59.4 Å². The Balaban J connectivity index is 0.965. The van der Waals surface area contributed by atoms with Gasteiger partial charge in [0.1, 0.15) is 12.6 Å². The number of nitrogens with one attached hydrogen (secondary N) is 2. The van der Waals surface area contributed by atoms with E-state index in [4.69, 9.17) is 4.74 Å². The quantitative estimate of drug-likeness (QED) is 0.0707. The highest BCUT2D eigenvalue weighted by Crippen LogP contribution is 2.48. The van der Waals surface area contributed by atoms with E-state index in [2.05, 4.69) is 59.2 Å². The Hall–Kier alpha value is -5.34. The van der Waals surface area contributed by atoms with Gasteiger partial charge in [0.25, 0.3) is 0 Å². The Morgan fingerprint density at radius 2 is 1.18 bits per heavy atom. The minimum Gasteiger partial charge on any atom is -0.480 e. The fraction of sp³-hybridized carbons (Fsp3) is 0.233. The van der Waals surface area contributed by atoms with E-state index in [1.807, 2.05) is 91.0 Å². The second-order valence-corrected chi connectivity index (χ2v) is 13.9. The number of fused-ring (bicyclic) bond motifs is 3. The van der Waals surface area contributed by atoms with E-state index in [9.17, 15) is 19.5 Å². The molecule has 6 rings (SSSR count). The lowest BCUT2D eigenvalue weighted by molar-refractivity contribution is -0.139. The van der Waals surface area contributed by atoms with Crippen molar-refractivity contribution in [1.82, 2.24) is 10.6 Å². The number of hydrogen-bond acceptors (Lipinski definition) is 5. The number of ether oxygens (including phenoxy) is 1. The fourth-order valence-corrected chi connectivity index (χ4v) is 8.40. The number of unbranched alkanes of at least 4 members (excludes halogenated alkanes) is 1. The molecule has 7 nitrogen and oxygen atoms in total. The van der Waals surface area contributed by atoms with Crippen LogP contribution in [-0.2, 0) is 19.1 Å². The molecule has 0 fully saturated rings. The average Bonchev–Trinajstić information content (AvgIpc) is 3.49. The van der Waals surface area contributed by atoms with Crippen LogP contribution in [0.4, 0.5) is 4.79 Å². The van der Waals surface area contributed by atoms with Crippen molar-refractivity contribution in [1.29, 1.82) is 0 Å². The zero-order valence-corrected chi connectivity index (χ0v) is 29.2. The number of alkyl carbamates (subject to hydrolysis) is 1. The lowest BCUT2D eigenvalue weighted by Crippen LogP contribution is -2.41. The predicted molar refractivity (Wildman–Crippen MR) is 203 cm³/mol. The third kappa shape index (κ3) is 8.35. The zero-order valence-electron chi connectivity index (χ0n) is 28.4. The summed E-state index contributed by atoms with van der Waals surface area (Å²) >= 11 is 1.74. The Morgan fingerprint density at radius 1 is 0.686 bits per heavy atom. The molecule has 0 heterocycles. The summed E-state index contributed by atoms with van der Waals surface area (Å²) < 4.78 is 5.06. The Bertz CT molecular complexity index is 1780. The Labute approximate surface area is 303 Å². The van der Waals surface area contributed by atoms with Crippen molar-refractivity contribution in [2.75, 3.05) is 18.9 Å². The summed E-state index contributed by atoms with van der Waals surface area (Å²) in [4.78, 5) is 37.6. The van der Waals surface area contributed by atoms with Crippen LogP contribution >= 0.6 is 11.8 Å². The first-order valence-electron chi connectivity index (χ1n) is 17.4. The van der Waals surface area contributed by atoms with Crippen LogP contribution in [0, 0.1) is 0 Å². The molecule has 3 N–H and O–H groups in total. The molecule has 260 valence electrons. The molecule has 51 heavy (non-hydrogen) atoms. The molecule has 0 saturated heterocycles. The highest BCUT2D eigenvalue weighted by atomic mass is 32.2. The molecule has 1 aliphatic rings. The summed E-state index contributed by atoms with van der Waals surface area (Å²) in [6.07, 6.45) is 0.887. The molecule has 0 aliphatic heterocycles. The van der Waals surface area contributed by atoms with Gasteiger partial charge in [-0.1, -0.05) is 140 Å². The van der Waals surface area contributed by atoms with Gasteiger partial charge in [0.05, 0.1) is 4.75 Å². The summed E-state index contributed by atoms with van der Waals surface area (Å²) in [6.45, 7) is 0.529. The summed E-state index contributed by atoms with van der Waals surface area (Å²) in [6, 6.07) is 46.2. The van der Waals surface area contributed by atoms with E-state index in [1.165, 1.54) is 0 Å². The summed E-state index contributed by atoms with van der Waals surface area (Å²) in [7, 11) is 0. The van der Waals surface area contributed by atoms with E-state index in [0.717, 1.165) is 38.9 Å². The maximum atomic E-state index is 12.9. The number of benzene rings is 5. The topological polar surface area (TPSA) is 105 Å². The first kappa shape index (κ1) is 35.5. The van der Waals surface area contributed by atoms with Crippen LogP contribution < -0.4 is 10.6 Å². The van der Waals surface area contributed by atoms with E-state index in [-0.39, 0.29) is 24.9 Å². The number of thioether (sulfide) groups is 1. The van der Waals surface area contributed by atoms with Gasteiger partial charge in [0.15, 0.2) is 0 Å². The highest BCUT2D eigenvalue weighted by molar-refractivity contribution is 8.00. The number of carboxylic acid groups (broad SMARTS) is 1. The molecule has 1 aliphatic carbocycles. The molecule has 0 aromatic heterocycles. The van der Waals surface area contributed by atoms with Gasteiger partial charge in [-0.2, -0.15) is 0 Å². The molecule has 1 atom stereocenters. The molecular weight excluding hydrogens is 657 g/mol. The lowest BCUT2D eigenvalue weighted by Gasteiger charge is -2.35. The van der Waals surface area contributed by atoms with Crippen LogP contribution in [0.15, 0.2) is 140 Å². The molecule has 0 saturated carbocycles. The zero-order chi connectivity index (χ0) is 35.5. The van der Waals surface area contributed by atoms with E-state index in [0.29, 0.717) is 31.6 Å². The lowest BCUT2D eigenvalue weighted by atomic mass is 9.84. The number of rotatable bonds is 16. The van der Waals surface area contributed by atoms with Crippen molar-refractivity contribution in [3.63, 3.8) is 0 Å². The Kier molecular flexibility index (Phi) is 11.9. The SMILES string of the molecule is O=C(CCSC(c1ccccc1)(c1ccccc1)c1ccccc1)NCCCC[C@H](NC(=O)OCC1c2ccccc2-c2ccccc21)C(=O)O. The second kappa shape index (κ2) is 17.1. The van der Waals surface area contributed by atoms with Crippen molar-refractivity contribution in [3.8, 4) is 11.1 Å². The van der Waals surface area contributed by atoms with Crippen molar-refractivity contribution in [2.24, 2.45) is 0 Å². The van der Waals surface area contributed by atoms with Gasteiger partial charge >= 0.3 is 12.1 Å². The largest absolute Gasteiger partial charge is 0.480 e. The normalized spacial score (nSPS) is 12.7. The standard InChI is InChI=1S/C43H42N2O5S/c46-40(27-29-51-43(31-16-4-1-5-17-31,32-18-6-2-7-19-32)33-20-8-3-9-21-33)44-28-15-14-26-39(41(47)48)45-42(49)50-30-38-36-24-12-10-22-34(36)35-23-11-13-25-37(35)38/h1-13,16-25,38-39H,14-15,26-30H2,(H,44,46)(H,45,49)(H,47,48)/t39-/m0/s1. The van der Waals surface area contributed by atoms with Gasteiger partial charge < -0.3 is 20.5 Å². The first-order valence-corrected chi connectivity index (χ1v) is 18.4. The highest BCUT2D eigenvalue weighted by Gasteiger charge is 2.37. The number of aliphatic carboxylic acids is 1. The first-order chi connectivity index (χ1) is 25.0. The van der Waals surface area contributed by atoms with Crippen LogP contribution in [-0.4, -0.2) is 48.0 Å². The molecule has 0 spiro atoms. The van der Waals surface area contributed by atoms with Crippen molar-refractivity contribution < 1.29 is 24.2 Å². The van der Waals surface area contributed by atoms with E-state index < -0.39 is 22.9 Å². The summed E-state index contributed by atoms with van der Waals surface area (Å²) in [5.41, 5.74) is 7.86. The third-order valence-electron chi connectivity index (χ3n) is 9.36. The van der Waals surface area contributed by atoms with Gasteiger partial charge in [-0.25, -0.2) is 9.59 Å². The number of carbonyl (C=O) groups is 3. The number of hydrogen-bond donors (Lipinski definition) is 3. The number of carbonyl (C=O) groups excluding carboxylic acids is 2. The number of amides is 2. The van der Waals surface area contributed by atoms with Crippen LogP contribution in [0.3, 0.4) is 0 Å². The van der Waals surface area contributed by atoms with Gasteiger partial charge in [-0.05, 0) is 58.2 Å². The van der Waals surface area contributed by atoms with Gasteiger partial charge in [0, 0.05) is 24.6 Å². The molecule has 5 aromatic carbocycles. The number of carboxylic acids is 1. The second-order valence-electron chi connectivity index (χ2n) is 12.6. The van der Waals surface area contributed by atoms with Crippen molar-refractivity contribution in [3.05, 3.63) is 167 Å². The van der Waals surface area contributed by atoms with Crippen molar-refractivity contribution >= 4 is 29.7 Å². The molecule has 0 unspecified atom stereocenters.